The highest BCUT2D eigenvalue weighted by molar-refractivity contribution is 6.30. The molecule has 1 atom stereocenters. The zero-order valence-corrected chi connectivity index (χ0v) is 18.5. The number of halogens is 1. The maximum absolute atomic E-state index is 13.3. The quantitative estimate of drug-likeness (QED) is 0.642. The van der Waals surface area contributed by atoms with Crippen molar-refractivity contribution in [1.82, 2.24) is 10.2 Å². The Morgan fingerprint density at radius 2 is 1.72 bits per heavy atom. The van der Waals surface area contributed by atoms with Gasteiger partial charge in [-0.05, 0) is 48.1 Å². The normalized spacial score (nSPS) is 11.9. The molecule has 0 saturated heterocycles. The van der Waals surface area contributed by atoms with Crippen molar-refractivity contribution in [1.29, 1.82) is 0 Å². The van der Waals surface area contributed by atoms with E-state index in [1.807, 2.05) is 50.2 Å². The minimum Gasteiger partial charge on any atom is -0.354 e. The molecule has 2 amide bonds. The van der Waals surface area contributed by atoms with Gasteiger partial charge in [-0.15, -0.1) is 0 Å². The Balaban J connectivity index is 2.27. The van der Waals surface area contributed by atoms with Crippen LogP contribution in [0.1, 0.15) is 43.9 Å². The van der Waals surface area contributed by atoms with Gasteiger partial charge >= 0.3 is 0 Å². The highest BCUT2D eigenvalue weighted by atomic mass is 35.5. The Morgan fingerprint density at radius 3 is 2.31 bits per heavy atom. The lowest BCUT2D eigenvalue weighted by Crippen LogP contribution is -2.50. The number of rotatable bonds is 9. The molecule has 0 aliphatic carbocycles. The van der Waals surface area contributed by atoms with Crippen LogP contribution in [0.5, 0.6) is 0 Å². The molecule has 0 aliphatic rings. The number of nitrogens with zero attached hydrogens (tertiary/aromatic N) is 1. The minimum atomic E-state index is -0.513. The van der Waals surface area contributed by atoms with E-state index in [0.717, 1.165) is 16.7 Å². The fourth-order valence-electron chi connectivity index (χ4n) is 3.20. The van der Waals surface area contributed by atoms with Crippen LogP contribution in [0.15, 0.2) is 48.5 Å². The molecule has 0 fully saturated rings. The van der Waals surface area contributed by atoms with E-state index in [2.05, 4.69) is 19.2 Å². The SMILES string of the molecule is CC[C@@H](C(=O)NCC(C)C)N(Cc1ccc(Cl)cc1)C(=O)Cc1ccccc1C. The number of nitrogens with one attached hydrogen (secondary N) is 1. The largest absolute Gasteiger partial charge is 0.354 e. The Morgan fingerprint density at radius 1 is 1.07 bits per heavy atom. The van der Waals surface area contributed by atoms with Gasteiger partial charge in [-0.2, -0.15) is 0 Å². The van der Waals surface area contributed by atoms with Crippen molar-refractivity contribution in [2.75, 3.05) is 6.54 Å². The van der Waals surface area contributed by atoms with Crippen molar-refractivity contribution in [3.8, 4) is 0 Å². The van der Waals surface area contributed by atoms with Crippen molar-refractivity contribution in [3.05, 3.63) is 70.2 Å². The molecule has 0 radical (unpaired) electrons. The van der Waals surface area contributed by atoms with Crippen LogP contribution in [0.2, 0.25) is 5.02 Å². The number of hydrogen-bond donors (Lipinski definition) is 1. The van der Waals surface area contributed by atoms with Gasteiger partial charge in [0.25, 0.3) is 0 Å². The van der Waals surface area contributed by atoms with Gasteiger partial charge in [-0.3, -0.25) is 9.59 Å². The summed E-state index contributed by atoms with van der Waals surface area (Å²) in [6.07, 6.45) is 0.825. The molecule has 2 aromatic rings. The second-order valence-corrected chi connectivity index (χ2v) is 8.25. The minimum absolute atomic E-state index is 0.0548. The summed E-state index contributed by atoms with van der Waals surface area (Å²) in [7, 11) is 0. The summed E-state index contributed by atoms with van der Waals surface area (Å²) in [6, 6.07) is 14.8. The zero-order valence-electron chi connectivity index (χ0n) is 17.7. The van der Waals surface area contributed by atoms with E-state index in [9.17, 15) is 9.59 Å². The summed E-state index contributed by atoms with van der Waals surface area (Å²) < 4.78 is 0. The van der Waals surface area contributed by atoms with Gasteiger partial charge in [0.05, 0.1) is 6.42 Å². The molecular weight excluding hydrogens is 384 g/mol. The average Bonchev–Trinajstić information content (AvgIpc) is 2.69. The highest BCUT2D eigenvalue weighted by Gasteiger charge is 2.28. The van der Waals surface area contributed by atoms with Gasteiger partial charge < -0.3 is 10.2 Å². The van der Waals surface area contributed by atoms with Gasteiger partial charge in [0.2, 0.25) is 11.8 Å². The molecule has 156 valence electrons. The van der Waals surface area contributed by atoms with E-state index in [1.165, 1.54) is 0 Å². The second kappa shape index (κ2) is 11.0. The number of aryl methyl sites for hydroxylation is 1. The maximum atomic E-state index is 13.3. The average molecular weight is 415 g/mol. The summed E-state index contributed by atoms with van der Waals surface area (Å²) in [4.78, 5) is 27.9. The van der Waals surface area contributed by atoms with E-state index in [0.29, 0.717) is 30.5 Å². The van der Waals surface area contributed by atoms with Crippen LogP contribution in [-0.2, 0) is 22.6 Å². The molecule has 2 rings (SSSR count). The van der Waals surface area contributed by atoms with Crippen LogP contribution < -0.4 is 5.32 Å². The molecular formula is C24H31ClN2O2. The van der Waals surface area contributed by atoms with Gasteiger partial charge in [0.15, 0.2) is 0 Å². The van der Waals surface area contributed by atoms with E-state index in [1.54, 1.807) is 17.0 Å². The monoisotopic (exact) mass is 414 g/mol. The predicted octanol–water partition coefficient (Wildman–Crippen LogP) is 4.77. The van der Waals surface area contributed by atoms with E-state index in [-0.39, 0.29) is 18.2 Å². The van der Waals surface area contributed by atoms with Crippen LogP contribution in [0.3, 0.4) is 0 Å². The first-order valence-electron chi connectivity index (χ1n) is 10.2. The van der Waals surface area contributed by atoms with Gasteiger partial charge in [-0.1, -0.05) is 68.8 Å². The standard InChI is InChI=1S/C24H31ClN2O2/c1-5-22(24(29)26-15-17(2)3)27(16-19-10-12-21(25)13-11-19)23(28)14-20-9-7-6-8-18(20)4/h6-13,17,22H,5,14-16H2,1-4H3,(H,26,29)/t22-/m0/s1. The fraction of sp³-hybridized carbons (Fsp3) is 0.417. The topological polar surface area (TPSA) is 49.4 Å². The van der Waals surface area contributed by atoms with Crippen LogP contribution >= 0.6 is 11.6 Å². The molecule has 2 aromatic carbocycles. The van der Waals surface area contributed by atoms with Crippen LogP contribution in [0, 0.1) is 12.8 Å². The molecule has 0 aliphatic heterocycles. The lowest BCUT2D eigenvalue weighted by molar-refractivity contribution is -0.141. The zero-order chi connectivity index (χ0) is 21.4. The highest BCUT2D eigenvalue weighted by Crippen LogP contribution is 2.18. The van der Waals surface area contributed by atoms with Crippen LogP contribution in [0.25, 0.3) is 0 Å². The molecule has 29 heavy (non-hydrogen) atoms. The molecule has 0 aromatic heterocycles. The summed E-state index contributed by atoms with van der Waals surface area (Å²) in [5.41, 5.74) is 3.00. The first-order chi connectivity index (χ1) is 13.8. The number of carbonyl (C=O) groups excluding carboxylic acids is 2. The first kappa shape index (κ1) is 23.0. The van der Waals surface area contributed by atoms with Gasteiger partial charge in [0.1, 0.15) is 6.04 Å². The van der Waals surface area contributed by atoms with E-state index >= 15 is 0 Å². The van der Waals surface area contributed by atoms with Crippen molar-refractivity contribution in [2.45, 2.75) is 53.1 Å². The molecule has 0 spiro atoms. The van der Waals surface area contributed by atoms with Crippen molar-refractivity contribution in [3.63, 3.8) is 0 Å². The smallest absolute Gasteiger partial charge is 0.242 e. The summed E-state index contributed by atoms with van der Waals surface area (Å²) in [5.74, 6) is 0.193. The van der Waals surface area contributed by atoms with Crippen molar-refractivity contribution < 1.29 is 9.59 Å². The van der Waals surface area contributed by atoms with Gasteiger partial charge in [-0.25, -0.2) is 0 Å². The Kier molecular flexibility index (Phi) is 8.71. The molecule has 0 unspecified atom stereocenters. The first-order valence-corrected chi connectivity index (χ1v) is 10.6. The van der Waals surface area contributed by atoms with Crippen molar-refractivity contribution in [2.24, 2.45) is 5.92 Å². The molecule has 0 heterocycles. The summed E-state index contributed by atoms with van der Waals surface area (Å²) >= 11 is 6.00. The Labute approximate surface area is 179 Å². The molecule has 5 heteroatoms. The second-order valence-electron chi connectivity index (χ2n) is 7.81. The Hall–Kier alpha value is -2.33. The van der Waals surface area contributed by atoms with Gasteiger partial charge in [0, 0.05) is 18.1 Å². The summed E-state index contributed by atoms with van der Waals surface area (Å²) in [6.45, 7) is 9.01. The number of carbonyl (C=O) groups is 2. The lowest BCUT2D eigenvalue weighted by atomic mass is 10.0. The van der Waals surface area contributed by atoms with Crippen molar-refractivity contribution >= 4 is 23.4 Å². The molecule has 4 nitrogen and oxygen atoms in total. The number of hydrogen-bond acceptors (Lipinski definition) is 2. The molecule has 0 saturated carbocycles. The van der Waals surface area contributed by atoms with Crippen LogP contribution in [0.4, 0.5) is 0 Å². The summed E-state index contributed by atoms with van der Waals surface area (Å²) in [5, 5.41) is 3.63. The lowest BCUT2D eigenvalue weighted by Gasteiger charge is -2.31. The third kappa shape index (κ3) is 6.90. The van der Waals surface area contributed by atoms with E-state index in [4.69, 9.17) is 11.6 Å². The third-order valence-electron chi connectivity index (χ3n) is 4.94. The predicted molar refractivity (Wildman–Crippen MR) is 119 cm³/mol. The number of amides is 2. The van der Waals surface area contributed by atoms with Crippen LogP contribution in [-0.4, -0.2) is 29.3 Å². The fourth-order valence-corrected chi connectivity index (χ4v) is 3.33. The molecule has 0 bridgehead atoms. The van der Waals surface area contributed by atoms with E-state index < -0.39 is 6.04 Å². The number of benzene rings is 2. The Bertz CT molecular complexity index is 818. The maximum Gasteiger partial charge on any atom is 0.242 e. The third-order valence-corrected chi connectivity index (χ3v) is 5.19. The molecule has 1 N–H and O–H groups in total.